The molecule has 0 nitrogen and oxygen atoms in total. The highest BCUT2D eigenvalue weighted by atomic mass is 32.1. The first kappa shape index (κ1) is 21.1. The van der Waals surface area contributed by atoms with E-state index in [4.69, 9.17) is 0 Å². The Morgan fingerprint density at radius 1 is 0.382 bits per heavy atom. The third-order valence-corrected chi connectivity index (χ3v) is 8.92. The number of rotatable bonds is 4. The summed E-state index contributed by atoms with van der Waals surface area (Å²) in [6.07, 6.45) is 0. The van der Waals surface area contributed by atoms with Crippen molar-refractivity contribution in [2.24, 2.45) is 0 Å². The number of thiophene rings is 2. The molecule has 0 saturated carbocycles. The molecule has 0 amide bonds. The van der Waals surface area contributed by atoms with E-state index in [0.717, 1.165) is 0 Å². The predicted octanol–water partition coefficient (Wildman–Crippen LogP) is 10.2. The van der Waals surface area contributed by atoms with Crippen molar-refractivity contribution in [1.29, 1.82) is 0 Å². The van der Waals surface area contributed by atoms with Gasteiger partial charge in [-0.2, -0.15) is 0 Å². The zero-order chi connectivity index (χ0) is 23.1. The highest BCUT2D eigenvalue weighted by Gasteiger charge is 2.24. The average molecular weight is 473 g/mol. The van der Waals surface area contributed by atoms with E-state index >= 15 is 0 Å². The number of hydrogen-bond acceptors (Lipinski definition) is 2. The van der Waals surface area contributed by atoms with Gasteiger partial charge in [0, 0.05) is 20.9 Å². The van der Waals surface area contributed by atoms with Crippen LogP contribution in [0, 0.1) is 13.8 Å². The van der Waals surface area contributed by atoms with Crippen molar-refractivity contribution in [2.45, 2.75) is 13.8 Å². The van der Waals surface area contributed by atoms with Crippen LogP contribution < -0.4 is 0 Å². The molecule has 0 aliphatic carbocycles. The molecule has 4 aromatic carbocycles. The molecule has 0 spiro atoms. The van der Waals surface area contributed by atoms with Gasteiger partial charge < -0.3 is 0 Å². The van der Waals surface area contributed by atoms with Crippen LogP contribution in [0.15, 0.2) is 109 Å². The predicted molar refractivity (Wildman–Crippen MR) is 151 cm³/mol. The molecule has 34 heavy (non-hydrogen) atoms. The second kappa shape index (κ2) is 8.72. The Balaban J connectivity index is 1.70. The molecule has 0 saturated heterocycles. The first-order chi connectivity index (χ1) is 16.7. The van der Waals surface area contributed by atoms with Gasteiger partial charge in [-0.1, -0.05) is 120 Å². The first-order valence-electron chi connectivity index (χ1n) is 11.5. The van der Waals surface area contributed by atoms with Crippen LogP contribution >= 0.6 is 22.7 Å². The van der Waals surface area contributed by atoms with Gasteiger partial charge in [-0.15, -0.1) is 22.7 Å². The maximum Gasteiger partial charge on any atom is 0.0548 e. The minimum absolute atomic E-state index is 1.28. The highest BCUT2D eigenvalue weighted by Crippen LogP contribution is 2.55. The van der Waals surface area contributed by atoms with E-state index in [-0.39, 0.29) is 0 Å². The molecule has 2 heteroatoms. The fourth-order valence-corrected chi connectivity index (χ4v) is 7.46. The van der Waals surface area contributed by atoms with Crippen LogP contribution in [-0.4, -0.2) is 0 Å². The standard InChI is InChI=1S/C32H24S2/c1-21-13-17-25(18-14-21)29-27(23-9-5-3-6-10-23)31-32(33-29)28(24-11-7-4-8-12-24)30(34-31)26-19-15-22(2)16-20-26/h3-20H,1-2H3. The normalized spacial score (nSPS) is 11.2. The molecule has 2 aromatic heterocycles. The van der Waals surface area contributed by atoms with Crippen LogP contribution in [0.1, 0.15) is 11.1 Å². The van der Waals surface area contributed by atoms with Gasteiger partial charge in [0.1, 0.15) is 0 Å². The van der Waals surface area contributed by atoms with Crippen LogP contribution in [0.2, 0.25) is 0 Å². The van der Waals surface area contributed by atoms with Crippen molar-refractivity contribution in [2.75, 3.05) is 0 Å². The maximum atomic E-state index is 2.26. The fraction of sp³-hybridized carbons (Fsp3) is 0.0625. The van der Waals surface area contributed by atoms with Crippen molar-refractivity contribution in [3.8, 4) is 43.1 Å². The van der Waals surface area contributed by atoms with E-state index in [9.17, 15) is 0 Å². The molecule has 0 atom stereocenters. The number of hydrogen-bond donors (Lipinski definition) is 0. The molecular weight excluding hydrogens is 448 g/mol. The van der Waals surface area contributed by atoms with E-state index in [1.54, 1.807) is 0 Å². The molecule has 2 heterocycles. The summed E-state index contributed by atoms with van der Waals surface area (Å²) in [5.41, 5.74) is 10.4. The summed E-state index contributed by atoms with van der Waals surface area (Å²) in [7, 11) is 0. The zero-order valence-corrected chi connectivity index (χ0v) is 20.8. The van der Waals surface area contributed by atoms with Gasteiger partial charge in [-0.25, -0.2) is 0 Å². The maximum absolute atomic E-state index is 2.26. The number of aryl methyl sites for hydroxylation is 2. The Morgan fingerprint density at radius 2 is 0.735 bits per heavy atom. The molecular formula is C32H24S2. The van der Waals surface area contributed by atoms with Gasteiger partial charge in [-0.05, 0) is 36.1 Å². The topological polar surface area (TPSA) is 0 Å². The van der Waals surface area contributed by atoms with E-state index in [1.165, 1.54) is 63.7 Å². The summed E-state index contributed by atoms with van der Waals surface area (Å²) < 4.78 is 2.75. The van der Waals surface area contributed by atoms with Crippen molar-refractivity contribution in [3.05, 3.63) is 120 Å². The number of fused-ring (bicyclic) bond motifs is 1. The third-order valence-electron chi connectivity index (χ3n) is 6.28. The van der Waals surface area contributed by atoms with Crippen LogP contribution in [-0.2, 0) is 0 Å². The molecule has 0 fully saturated rings. The highest BCUT2D eigenvalue weighted by molar-refractivity contribution is 7.33. The third kappa shape index (κ3) is 3.69. The average Bonchev–Trinajstić information content (AvgIpc) is 3.42. The van der Waals surface area contributed by atoms with Crippen molar-refractivity contribution < 1.29 is 0 Å². The zero-order valence-electron chi connectivity index (χ0n) is 19.2. The van der Waals surface area contributed by atoms with Gasteiger partial charge in [0.05, 0.1) is 9.40 Å². The summed E-state index contributed by atoms with van der Waals surface area (Å²) in [5, 5.41) is 0. The van der Waals surface area contributed by atoms with Crippen LogP contribution in [0.3, 0.4) is 0 Å². The van der Waals surface area contributed by atoms with Crippen LogP contribution in [0.25, 0.3) is 52.5 Å². The minimum Gasteiger partial charge on any atom is -0.133 e. The molecule has 0 aliphatic heterocycles. The van der Waals surface area contributed by atoms with Crippen molar-refractivity contribution in [3.63, 3.8) is 0 Å². The summed E-state index contributed by atoms with van der Waals surface area (Å²) in [6.45, 7) is 4.30. The van der Waals surface area contributed by atoms with Gasteiger partial charge in [-0.3, -0.25) is 0 Å². The van der Waals surface area contributed by atoms with Gasteiger partial charge in [0.15, 0.2) is 0 Å². The quantitative estimate of drug-likeness (QED) is 0.239. The Bertz CT molecular complexity index is 1440. The second-order valence-electron chi connectivity index (χ2n) is 8.73. The largest absolute Gasteiger partial charge is 0.133 e. The molecule has 0 bridgehead atoms. The Morgan fingerprint density at radius 3 is 1.09 bits per heavy atom. The molecule has 6 rings (SSSR count). The van der Waals surface area contributed by atoms with Crippen LogP contribution in [0.4, 0.5) is 0 Å². The smallest absolute Gasteiger partial charge is 0.0548 e. The molecule has 0 N–H and O–H groups in total. The summed E-state index contributed by atoms with van der Waals surface area (Å²) >= 11 is 3.86. The van der Waals surface area contributed by atoms with E-state index in [0.29, 0.717) is 0 Å². The van der Waals surface area contributed by atoms with E-state index < -0.39 is 0 Å². The first-order valence-corrected chi connectivity index (χ1v) is 13.2. The van der Waals surface area contributed by atoms with E-state index in [2.05, 4.69) is 123 Å². The summed E-state index contributed by atoms with van der Waals surface area (Å²) in [5.74, 6) is 0. The lowest BCUT2D eigenvalue weighted by atomic mass is 9.99. The Kier molecular flexibility index (Phi) is 5.41. The number of benzene rings is 4. The summed E-state index contributed by atoms with van der Waals surface area (Å²) in [4.78, 5) is 2.69. The van der Waals surface area contributed by atoms with Gasteiger partial charge in [0.25, 0.3) is 0 Å². The van der Waals surface area contributed by atoms with Crippen molar-refractivity contribution >= 4 is 32.1 Å². The molecule has 0 aliphatic rings. The minimum atomic E-state index is 1.28. The lowest BCUT2D eigenvalue weighted by Gasteiger charge is -2.07. The lowest BCUT2D eigenvalue weighted by molar-refractivity contribution is 1.48. The molecule has 164 valence electrons. The Hall–Kier alpha value is -3.46. The van der Waals surface area contributed by atoms with Crippen LogP contribution in [0.5, 0.6) is 0 Å². The fourth-order valence-electron chi connectivity index (χ4n) is 4.48. The monoisotopic (exact) mass is 472 g/mol. The SMILES string of the molecule is Cc1ccc(-c2sc3c(-c4ccccc4)c(-c4ccc(C)cc4)sc3c2-c2ccccc2)cc1. The lowest BCUT2D eigenvalue weighted by Crippen LogP contribution is -1.81. The van der Waals surface area contributed by atoms with Gasteiger partial charge in [0.2, 0.25) is 0 Å². The molecule has 0 unspecified atom stereocenters. The second-order valence-corrected chi connectivity index (χ2v) is 10.8. The van der Waals surface area contributed by atoms with Gasteiger partial charge >= 0.3 is 0 Å². The van der Waals surface area contributed by atoms with E-state index in [1.807, 2.05) is 22.7 Å². The summed E-state index contributed by atoms with van der Waals surface area (Å²) in [6, 6.07) is 39.7. The Labute approximate surface area is 208 Å². The molecule has 6 aromatic rings. The van der Waals surface area contributed by atoms with Crippen molar-refractivity contribution in [1.82, 2.24) is 0 Å². The molecule has 0 radical (unpaired) electrons.